The van der Waals surface area contributed by atoms with Crippen molar-refractivity contribution in [3.63, 3.8) is 0 Å². The maximum absolute atomic E-state index is 12.4. The molecule has 2 heterocycles. The van der Waals surface area contributed by atoms with Crippen molar-refractivity contribution in [2.24, 2.45) is 5.92 Å². The Morgan fingerprint density at radius 1 is 1.29 bits per heavy atom. The number of hydrogen-bond acceptors (Lipinski definition) is 3. The first-order valence-electron chi connectivity index (χ1n) is 6.64. The fourth-order valence-corrected chi connectivity index (χ4v) is 2.56. The fraction of sp³-hybridized carbons (Fsp3) is 0.267. The summed E-state index contributed by atoms with van der Waals surface area (Å²) < 4.78 is 5.31. The minimum atomic E-state index is -0.364. The van der Waals surface area contributed by atoms with Gasteiger partial charge in [-0.15, -0.1) is 0 Å². The van der Waals surface area contributed by atoms with E-state index in [2.05, 4.69) is 0 Å². The van der Waals surface area contributed by atoms with Crippen LogP contribution in [0.15, 0.2) is 41.1 Å². The highest BCUT2D eigenvalue weighted by atomic mass is 35.5. The topological polar surface area (TPSA) is 54.4 Å². The number of amides is 2. The molecule has 1 saturated heterocycles. The summed E-state index contributed by atoms with van der Waals surface area (Å²) >= 11 is 5.84. The van der Waals surface area contributed by atoms with Crippen molar-refractivity contribution >= 4 is 23.4 Å². The Morgan fingerprint density at radius 2 is 2.00 bits per heavy atom. The molecule has 1 unspecified atom stereocenters. The number of rotatable bonds is 3. The molecule has 6 heteroatoms. The number of nitrogens with zero attached hydrogens (tertiary/aromatic N) is 2. The highest BCUT2D eigenvalue weighted by Gasteiger charge is 2.46. The van der Waals surface area contributed by atoms with E-state index in [0.717, 1.165) is 10.6 Å². The SMILES string of the molecule is Cc1cc[n+](N2C(=O)CC(Cc3ccc(Cl)cc3)C2=O)o1. The molecule has 0 spiro atoms. The van der Waals surface area contributed by atoms with Gasteiger partial charge in [0.05, 0.1) is 12.0 Å². The molecule has 0 radical (unpaired) electrons. The predicted molar refractivity (Wildman–Crippen MR) is 75.1 cm³/mol. The van der Waals surface area contributed by atoms with Crippen molar-refractivity contribution in [3.05, 3.63) is 52.9 Å². The van der Waals surface area contributed by atoms with E-state index in [0.29, 0.717) is 17.2 Å². The first-order chi connectivity index (χ1) is 10.0. The molecule has 5 nitrogen and oxygen atoms in total. The normalized spacial score (nSPS) is 18.6. The monoisotopic (exact) mass is 305 g/mol. The van der Waals surface area contributed by atoms with Crippen molar-refractivity contribution in [2.75, 3.05) is 5.01 Å². The zero-order chi connectivity index (χ0) is 15.0. The van der Waals surface area contributed by atoms with Crippen molar-refractivity contribution in [2.45, 2.75) is 19.8 Å². The number of carbonyl (C=O) groups excluding carboxylic acids is 2. The van der Waals surface area contributed by atoms with Crippen LogP contribution in [0.1, 0.15) is 17.7 Å². The van der Waals surface area contributed by atoms with Crippen molar-refractivity contribution in [3.8, 4) is 0 Å². The maximum atomic E-state index is 12.4. The predicted octanol–water partition coefficient (Wildman–Crippen LogP) is 1.78. The maximum Gasteiger partial charge on any atom is 0.295 e. The summed E-state index contributed by atoms with van der Waals surface area (Å²) in [6.45, 7) is 1.76. The van der Waals surface area contributed by atoms with E-state index in [4.69, 9.17) is 16.1 Å². The number of benzene rings is 1. The third-order valence-corrected chi connectivity index (χ3v) is 3.73. The first-order valence-corrected chi connectivity index (χ1v) is 7.02. The quantitative estimate of drug-likeness (QED) is 0.641. The summed E-state index contributed by atoms with van der Waals surface area (Å²) in [5.41, 5.74) is 0.980. The van der Waals surface area contributed by atoms with E-state index < -0.39 is 0 Å². The summed E-state index contributed by atoms with van der Waals surface area (Å²) in [5.74, 6) is -0.221. The van der Waals surface area contributed by atoms with Crippen LogP contribution in [0.25, 0.3) is 0 Å². The Morgan fingerprint density at radius 3 is 2.62 bits per heavy atom. The van der Waals surface area contributed by atoms with Gasteiger partial charge in [-0.2, -0.15) is 0 Å². The van der Waals surface area contributed by atoms with Crippen LogP contribution in [0.2, 0.25) is 5.02 Å². The standard InChI is InChI=1S/C15H14ClN2O3/c1-10-6-7-17(21-10)18-14(19)9-12(15(18)20)8-11-2-4-13(16)5-3-11/h2-7,12H,8-9H2,1H3/q+1. The molecule has 1 aromatic heterocycles. The molecular formula is C15H14ClN2O3+. The van der Waals surface area contributed by atoms with Gasteiger partial charge in [-0.05, 0) is 29.1 Å². The number of hydrogen-bond donors (Lipinski definition) is 0. The highest BCUT2D eigenvalue weighted by Crippen LogP contribution is 2.22. The summed E-state index contributed by atoms with van der Waals surface area (Å²) in [7, 11) is 0. The van der Waals surface area contributed by atoms with E-state index >= 15 is 0 Å². The number of halogens is 1. The Kier molecular flexibility index (Phi) is 3.51. The van der Waals surface area contributed by atoms with Gasteiger partial charge in [0.25, 0.3) is 18.0 Å². The third kappa shape index (κ3) is 2.69. The van der Waals surface area contributed by atoms with Crippen LogP contribution in [0.3, 0.4) is 0 Å². The van der Waals surface area contributed by atoms with E-state index in [1.54, 1.807) is 31.3 Å². The lowest BCUT2D eigenvalue weighted by molar-refractivity contribution is -0.845. The van der Waals surface area contributed by atoms with Gasteiger partial charge in [0.1, 0.15) is 4.85 Å². The zero-order valence-electron chi connectivity index (χ0n) is 11.5. The van der Waals surface area contributed by atoms with Crippen LogP contribution >= 0.6 is 11.6 Å². The average molecular weight is 306 g/mol. The van der Waals surface area contributed by atoms with Gasteiger partial charge >= 0.3 is 0 Å². The van der Waals surface area contributed by atoms with Gasteiger partial charge in [0.2, 0.25) is 0 Å². The summed E-state index contributed by atoms with van der Waals surface area (Å²) in [6, 6.07) is 8.99. The molecule has 108 valence electrons. The van der Waals surface area contributed by atoms with Crippen molar-refractivity contribution < 1.29 is 19.0 Å². The lowest BCUT2D eigenvalue weighted by atomic mass is 9.98. The molecule has 21 heavy (non-hydrogen) atoms. The van der Waals surface area contributed by atoms with E-state index in [1.807, 2.05) is 12.1 Å². The van der Waals surface area contributed by atoms with Gasteiger partial charge < -0.3 is 0 Å². The molecule has 1 aliphatic rings. The fourth-order valence-electron chi connectivity index (χ4n) is 2.44. The van der Waals surface area contributed by atoms with Gasteiger partial charge in [0.15, 0.2) is 5.76 Å². The molecule has 1 fully saturated rings. The van der Waals surface area contributed by atoms with E-state index in [9.17, 15) is 9.59 Å². The number of aromatic nitrogens is 1. The number of carbonyl (C=O) groups is 2. The average Bonchev–Trinajstić information content (AvgIpc) is 2.97. The van der Waals surface area contributed by atoms with Gasteiger partial charge in [-0.1, -0.05) is 23.7 Å². The Bertz CT molecular complexity index is 693. The molecule has 2 amide bonds. The molecule has 1 aromatic carbocycles. The highest BCUT2D eigenvalue weighted by molar-refractivity contribution is 6.30. The first kappa shape index (κ1) is 13.8. The molecule has 0 N–H and O–H groups in total. The smallest absolute Gasteiger partial charge is 0.268 e. The van der Waals surface area contributed by atoms with Crippen LogP contribution in [-0.4, -0.2) is 11.8 Å². The van der Waals surface area contributed by atoms with E-state index in [1.165, 1.54) is 4.85 Å². The lowest BCUT2D eigenvalue weighted by Crippen LogP contribution is -2.60. The molecule has 2 aromatic rings. The van der Waals surface area contributed by atoms with Gasteiger partial charge in [0, 0.05) is 18.4 Å². The minimum absolute atomic E-state index is 0.189. The van der Waals surface area contributed by atoms with Crippen molar-refractivity contribution in [1.29, 1.82) is 0 Å². The molecule has 1 atom stereocenters. The summed E-state index contributed by atoms with van der Waals surface area (Å²) in [6.07, 6.45) is 2.27. The Balaban J connectivity index is 1.78. The van der Waals surface area contributed by atoms with Crippen LogP contribution in [0.5, 0.6) is 0 Å². The molecule has 3 rings (SSSR count). The largest absolute Gasteiger partial charge is 0.295 e. The minimum Gasteiger partial charge on any atom is -0.268 e. The number of imide groups is 1. The van der Waals surface area contributed by atoms with Crippen LogP contribution in [0, 0.1) is 12.8 Å². The van der Waals surface area contributed by atoms with Crippen LogP contribution < -0.4 is 9.86 Å². The summed E-state index contributed by atoms with van der Waals surface area (Å²) in [5, 5.41) is 1.71. The second-order valence-corrected chi connectivity index (χ2v) is 5.53. The summed E-state index contributed by atoms with van der Waals surface area (Å²) in [4.78, 5) is 25.6. The third-order valence-electron chi connectivity index (χ3n) is 3.48. The molecule has 0 saturated carbocycles. The molecule has 0 aliphatic carbocycles. The van der Waals surface area contributed by atoms with E-state index in [-0.39, 0.29) is 24.2 Å². The second-order valence-electron chi connectivity index (χ2n) is 5.10. The van der Waals surface area contributed by atoms with Gasteiger partial charge in [-0.25, -0.2) is 4.52 Å². The molecule has 1 aliphatic heterocycles. The number of aryl methyl sites for hydroxylation is 1. The second kappa shape index (κ2) is 5.33. The van der Waals surface area contributed by atoms with Crippen molar-refractivity contribution in [1.82, 2.24) is 0 Å². The van der Waals surface area contributed by atoms with Crippen LogP contribution in [0.4, 0.5) is 0 Å². The zero-order valence-corrected chi connectivity index (χ0v) is 12.2. The van der Waals surface area contributed by atoms with Gasteiger partial charge in [-0.3, -0.25) is 9.59 Å². The lowest BCUT2D eigenvalue weighted by Gasteiger charge is -2.06. The molecular weight excluding hydrogens is 292 g/mol. The molecule has 0 bridgehead atoms. The Labute approximate surface area is 126 Å². The van der Waals surface area contributed by atoms with Crippen LogP contribution in [-0.2, 0) is 16.0 Å². The Hall–Kier alpha value is -2.14.